The summed E-state index contributed by atoms with van der Waals surface area (Å²) < 4.78 is 11.5. The fraction of sp³-hybridized carbons (Fsp3) is 0.250. The van der Waals surface area contributed by atoms with Crippen LogP contribution in [0.1, 0.15) is 5.56 Å². The van der Waals surface area contributed by atoms with Gasteiger partial charge in [-0.15, -0.1) is 0 Å². The molecule has 1 aliphatic rings. The van der Waals surface area contributed by atoms with Crippen LogP contribution < -0.4 is 14.8 Å². The Labute approximate surface area is 133 Å². The van der Waals surface area contributed by atoms with E-state index >= 15 is 0 Å². The number of fused-ring (bicyclic) bond motifs is 1. The van der Waals surface area contributed by atoms with Crippen LogP contribution in [-0.2, 0) is 6.54 Å². The van der Waals surface area contributed by atoms with Crippen LogP contribution >= 0.6 is 23.2 Å². The number of benzene rings is 2. The van der Waals surface area contributed by atoms with Gasteiger partial charge in [0.15, 0.2) is 11.5 Å². The molecule has 5 heteroatoms. The largest absolute Gasteiger partial charge is 0.486 e. The summed E-state index contributed by atoms with van der Waals surface area (Å²) in [6.07, 6.45) is -0.0159. The lowest BCUT2D eigenvalue weighted by Crippen LogP contribution is -2.38. The van der Waals surface area contributed by atoms with Crippen LogP contribution in [0.4, 0.5) is 0 Å². The van der Waals surface area contributed by atoms with Crippen molar-refractivity contribution in [2.24, 2.45) is 0 Å². The smallest absolute Gasteiger partial charge is 0.161 e. The number of nitrogens with one attached hydrogen (secondary N) is 1. The van der Waals surface area contributed by atoms with Crippen molar-refractivity contribution < 1.29 is 9.47 Å². The van der Waals surface area contributed by atoms with E-state index in [0.29, 0.717) is 29.7 Å². The van der Waals surface area contributed by atoms with Gasteiger partial charge in [-0.2, -0.15) is 0 Å². The molecule has 0 fully saturated rings. The Hall–Kier alpha value is -1.42. The molecule has 0 aromatic heterocycles. The Kier molecular flexibility index (Phi) is 4.54. The summed E-state index contributed by atoms with van der Waals surface area (Å²) in [5.41, 5.74) is 0.973. The second-order valence-corrected chi connectivity index (χ2v) is 5.63. The molecule has 0 aliphatic carbocycles. The van der Waals surface area contributed by atoms with Crippen LogP contribution in [0.2, 0.25) is 10.0 Å². The lowest BCUT2D eigenvalue weighted by Gasteiger charge is -2.26. The summed E-state index contributed by atoms with van der Waals surface area (Å²) >= 11 is 12.1. The van der Waals surface area contributed by atoms with Crippen molar-refractivity contribution in [2.75, 3.05) is 13.2 Å². The van der Waals surface area contributed by atoms with Gasteiger partial charge < -0.3 is 14.8 Å². The third kappa shape index (κ3) is 3.43. The Morgan fingerprint density at radius 1 is 1.05 bits per heavy atom. The summed E-state index contributed by atoms with van der Waals surface area (Å²) in [7, 11) is 0. The van der Waals surface area contributed by atoms with Gasteiger partial charge >= 0.3 is 0 Å². The van der Waals surface area contributed by atoms with Gasteiger partial charge in [0, 0.05) is 13.1 Å². The molecular weight excluding hydrogens is 309 g/mol. The summed E-state index contributed by atoms with van der Waals surface area (Å²) in [6, 6.07) is 13.3. The second-order valence-electron chi connectivity index (χ2n) is 4.84. The van der Waals surface area contributed by atoms with Gasteiger partial charge in [0.1, 0.15) is 12.7 Å². The van der Waals surface area contributed by atoms with Crippen LogP contribution in [0.3, 0.4) is 0 Å². The van der Waals surface area contributed by atoms with Gasteiger partial charge in [-0.05, 0) is 23.8 Å². The lowest BCUT2D eigenvalue weighted by molar-refractivity contribution is 0.0902. The Bertz CT molecular complexity index is 633. The summed E-state index contributed by atoms with van der Waals surface area (Å²) in [5, 5.41) is 4.49. The van der Waals surface area contributed by atoms with E-state index in [1.807, 2.05) is 36.4 Å². The minimum atomic E-state index is -0.0159. The van der Waals surface area contributed by atoms with Crippen LogP contribution in [0, 0.1) is 0 Å². The maximum absolute atomic E-state index is 6.15. The molecule has 1 N–H and O–H groups in total. The van der Waals surface area contributed by atoms with Crippen LogP contribution in [0.25, 0.3) is 0 Å². The highest BCUT2D eigenvalue weighted by Gasteiger charge is 2.20. The standard InChI is InChI=1S/C16H15Cl2NO2/c17-13-5-3-4-11(16(13)18)8-19-9-12-10-20-14-6-1-2-7-15(14)21-12/h1-7,12,19H,8-10H2/t12-/m0/s1. The molecule has 0 radical (unpaired) electrons. The first-order chi connectivity index (χ1) is 10.2. The van der Waals surface area contributed by atoms with E-state index in [4.69, 9.17) is 32.7 Å². The first kappa shape index (κ1) is 14.5. The average Bonchev–Trinajstić information content (AvgIpc) is 2.51. The fourth-order valence-electron chi connectivity index (χ4n) is 2.22. The van der Waals surface area contributed by atoms with E-state index in [-0.39, 0.29) is 6.10 Å². The molecule has 1 heterocycles. The van der Waals surface area contributed by atoms with Crippen LogP contribution in [0.5, 0.6) is 11.5 Å². The molecule has 1 atom stereocenters. The summed E-state index contributed by atoms with van der Waals surface area (Å²) in [4.78, 5) is 0. The van der Waals surface area contributed by atoms with Gasteiger partial charge in [-0.1, -0.05) is 47.5 Å². The van der Waals surface area contributed by atoms with Crippen molar-refractivity contribution >= 4 is 23.2 Å². The molecule has 3 rings (SSSR count). The minimum absolute atomic E-state index is 0.0159. The molecule has 0 spiro atoms. The lowest BCUT2D eigenvalue weighted by atomic mass is 10.2. The molecular formula is C16H15Cl2NO2. The average molecular weight is 324 g/mol. The van der Waals surface area contributed by atoms with E-state index in [1.54, 1.807) is 6.07 Å². The molecule has 3 nitrogen and oxygen atoms in total. The Morgan fingerprint density at radius 3 is 2.71 bits per heavy atom. The minimum Gasteiger partial charge on any atom is -0.486 e. The van der Waals surface area contributed by atoms with Crippen molar-refractivity contribution in [3.63, 3.8) is 0 Å². The second kappa shape index (κ2) is 6.56. The molecule has 0 bridgehead atoms. The van der Waals surface area contributed by atoms with E-state index in [2.05, 4.69) is 5.32 Å². The van der Waals surface area contributed by atoms with E-state index < -0.39 is 0 Å². The topological polar surface area (TPSA) is 30.5 Å². The zero-order valence-electron chi connectivity index (χ0n) is 11.3. The van der Waals surface area contributed by atoms with E-state index in [1.165, 1.54) is 0 Å². The molecule has 0 saturated carbocycles. The van der Waals surface area contributed by atoms with Gasteiger partial charge in [-0.25, -0.2) is 0 Å². The number of rotatable bonds is 4. The van der Waals surface area contributed by atoms with Crippen LogP contribution in [0.15, 0.2) is 42.5 Å². The van der Waals surface area contributed by atoms with Gasteiger partial charge in [-0.3, -0.25) is 0 Å². The first-order valence-electron chi connectivity index (χ1n) is 6.76. The molecule has 21 heavy (non-hydrogen) atoms. The fourth-order valence-corrected chi connectivity index (χ4v) is 2.60. The van der Waals surface area contributed by atoms with Gasteiger partial charge in [0.2, 0.25) is 0 Å². The highest BCUT2D eigenvalue weighted by molar-refractivity contribution is 6.42. The third-order valence-corrected chi connectivity index (χ3v) is 4.14. The Morgan fingerprint density at radius 2 is 1.86 bits per heavy atom. The van der Waals surface area contributed by atoms with E-state index in [9.17, 15) is 0 Å². The monoisotopic (exact) mass is 323 g/mol. The van der Waals surface area contributed by atoms with Crippen molar-refractivity contribution in [1.82, 2.24) is 5.32 Å². The predicted octanol–water partition coefficient (Wildman–Crippen LogP) is 3.92. The number of para-hydroxylation sites is 2. The first-order valence-corrected chi connectivity index (χ1v) is 7.52. The molecule has 0 saturated heterocycles. The normalized spacial score (nSPS) is 16.8. The quantitative estimate of drug-likeness (QED) is 0.924. The molecule has 0 amide bonds. The zero-order chi connectivity index (χ0) is 14.7. The molecule has 2 aromatic rings. The van der Waals surface area contributed by atoms with Gasteiger partial charge in [0.05, 0.1) is 10.0 Å². The zero-order valence-corrected chi connectivity index (χ0v) is 12.8. The highest BCUT2D eigenvalue weighted by atomic mass is 35.5. The summed E-state index contributed by atoms with van der Waals surface area (Å²) in [5.74, 6) is 1.59. The highest BCUT2D eigenvalue weighted by Crippen LogP contribution is 2.30. The summed E-state index contributed by atoms with van der Waals surface area (Å²) in [6.45, 7) is 1.85. The number of hydrogen-bond acceptors (Lipinski definition) is 3. The van der Waals surface area contributed by atoms with Crippen molar-refractivity contribution in [2.45, 2.75) is 12.6 Å². The maximum Gasteiger partial charge on any atom is 0.161 e. The third-order valence-electron chi connectivity index (χ3n) is 3.29. The number of halogens is 2. The SMILES string of the molecule is Clc1cccc(CNC[C@H]2COc3ccccc3O2)c1Cl. The number of hydrogen-bond donors (Lipinski definition) is 1. The molecule has 2 aromatic carbocycles. The van der Waals surface area contributed by atoms with Crippen molar-refractivity contribution in [3.8, 4) is 11.5 Å². The van der Waals surface area contributed by atoms with Crippen LogP contribution in [-0.4, -0.2) is 19.3 Å². The van der Waals surface area contributed by atoms with Gasteiger partial charge in [0.25, 0.3) is 0 Å². The predicted molar refractivity (Wildman–Crippen MR) is 84.5 cm³/mol. The van der Waals surface area contributed by atoms with E-state index in [0.717, 1.165) is 17.1 Å². The molecule has 1 aliphatic heterocycles. The van der Waals surface area contributed by atoms with Crippen molar-refractivity contribution in [1.29, 1.82) is 0 Å². The molecule has 0 unspecified atom stereocenters. The maximum atomic E-state index is 6.15. The molecule has 110 valence electrons. The Balaban J connectivity index is 1.54. The number of ether oxygens (including phenoxy) is 2. The van der Waals surface area contributed by atoms with Crippen molar-refractivity contribution in [3.05, 3.63) is 58.1 Å².